The molecule has 6 nitrogen and oxygen atoms in total. The Morgan fingerprint density at radius 2 is 0.469 bits per heavy atom. The Labute approximate surface area is 505 Å². The van der Waals surface area contributed by atoms with Crippen LogP contribution in [-0.4, -0.2) is 37.2 Å². The molecule has 0 saturated carbocycles. The summed E-state index contributed by atoms with van der Waals surface area (Å²) in [7, 11) is 0. The highest BCUT2D eigenvalue weighted by Crippen LogP contribution is 2.19. The molecule has 0 amide bonds. The van der Waals surface area contributed by atoms with Crippen molar-refractivity contribution in [2.45, 2.75) is 399 Å². The molecule has 474 valence electrons. The average Bonchev–Trinajstić information content (AvgIpc) is 3.46. The first-order valence-corrected chi connectivity index (χ1v) is 36.1. The lowest BCUT2D eigenvalue weighted by Crippen LogP contribution is -2.30. The molecule has 0 saturated heterocycles. The fourth-order valence-electron chi connectivity index (χ4n) is 10.9. The van der Waals surface area contributed by atoms with E-state index in [1.165, 1.54) is 263 Å². The van der Waals surface area contributed by atoms with Crippen molar-refractivity contribution in [2.75, 3.05) is 13.2 Å². The van der Waals surface area contributed by atoms with E-state index in [0.29, 0.717) is 19.3 Å². The van der Waals surface area contributed by atoms with E-state index in [-0.39, 0.29) is 31.1 Å². The largest absolute Gasteiger partial charge is 0.462 e. The van der Waals surface area contributed by atoms with Crippen LogP contribution in [0.15, 0.2) is 48.6 Å². The standard InChI is InChI=1S/C75H138O6/c1-4-7-10-13-16-19-22-25-27-29-31-33-35-36-37-38-40-41-43-45-47-50-53-56-59-62-65-68-74(77)80-71-72(70-79-73(76)67-64-61-58-55-52-49-24-21-18-15-12-9-6-3)81-75(78)69-66-63-60-57-54-51-48-46-44-42-39-34-32-30-28-26-23-20-17-14-11-8-5-2/h12,15,21-22,24-25,29,31,72H,4-11,13-14,16-20,23,26-28,30,32-71H2,1-3H3/b15-12-,24-21-,25-22-,31-29-. The van der Waals surface area contributed by atoms with E-state index in [2.05, 4.69) is 69.4 Å². The van der Waals surface area contributed by atoms with Crippen molar-refractivity contribution in [2.24, 2.45) is 0 Å². The first-order chi connectivity index (χ1) is 40.0. The monoisotopic (exact) mass is 1140 g/mol. The smallest absolute Gasteiger partial charge is 0.306 e. The van der Waals surface area contributed by atoms with E-state index in [1.54, 1.807) is 0 Å². The molecular formula is C75H138O6. The molecule has 0 radical (unpaired) electrons. The zero-order valence-corrected chi connectivity index (χ0v) is 54.6. The zero-order chi connectivity index (χ0) is 58.5. The minimum absolute atomic E-state index is 0.0730. The number of unbranched alkanes of at least 4 members (excludes halogenated alkanes) is 48. The van der Waals surface area contributed by atoms with Gasteiger partial charge in [0.1, 0.15) is 13.2 Å². The van der Waals surface area contributed by atoms with Crippen LogP contribution in [0.5, 0.6) is 0 Å². The van der Waals surface area contributed by atoms with Crippen LogP contribution in [0.3, 0.4) is 0 Å². The van der Waals surface area contributed by atoms with E-state index in [1.807, 2.05) is 0 Å². The normalized spacial score (nSPS) is 12.3. The van der Waals surface area contributed by atoms with Gasteiger partial charge >= 0.3 is 17.9 Å². The lowest BCUT2D eigenvalue weighted by Gasteiger charge is -2.18. The van der Waals surface area contributed by atoms with Gasteiger partial charge in [0.25, 0.3) is 0 Å². The molecule has 81 heavy (non-hydrogen) atoms. The van der Waals surface area contributed by atoms with Crippen LogP contribution in [0, 0.1) is 0 Å². The summed E-state index contributed by atoms with van der Waals surface area (Å²) in [6.07, 6.45) is 88.6. The Balaban J connectivity index is 4.21. The molecule has 1 unspecified atom stereocenters. The molecule has 0 aromatic heterocycles. The van der Waals surface area contributed by atoms with Crippen molar-refractivity contribution in [1.82, 2.24) is 0 Å². The predicted octanol–water partition coefficient (Wildman–Crippen LogP) is 24.9. The Hall–Kier alpha value is -2.63. The third-order valence-corrected chi connectivity index (χ3v) is 16.3. The first kappa shape index (κ1) is 78.4. The number of hydrogen-bond acceptors (Lipinski definition) is 6. The van der Waals surface area contributed by atoms with Crippen molar-refractivity contribution in [1.29, 1.82) is 0 Å². The van der Waals surface area contributed by atoms with Crippen molar-refractivity contribution in [3.63, 3.8) is 0 Å². The molecule has 1 atom stereocenters. The zero-order valence-electron chi connectivity index (χ0n) is 54.6. The minimum atomic E-state index is -0.778. The average molecular weight is 1140 g/mol. The molecular weight excluding hydrogens is 997 g/mol. The van der Waals surface area contributed by atoms with E-state index in [0.717, 1.165) is 89.9 Å². The van der Waals surface area contributed by atoms with Crippen LogP contribution in [0.4, 0.5) is 0 Å². The highest BCUT2D eigenvalue weighted by molar-refractivity contribution is 5.71. The number of esters is 3. The van der Waals surface area contributed by atoms with Crippen LogP contribution in [0.2, 0.25) is 0 Å². The van der Waals surface area contributed by atoms with Gasteiger partial charge in [-0.1, -0.05) is 345 Å². The summed E-state index contributed by atoms with van der Waals surface area (Å²) in [6.45, 7) is 6.63. The van der Waals surface area contributed by atoms with E-state index >= 15 is 0 Å². The molecule has 0 rings (SSSR count). The fourth-order valence-corrected chi connectivity index (χ4v) is 10.9. The summed E-state index contributed by atoms with van der Waals surface area (Å²) in [5.74, 6) is -0.860. The van der Waals surface area contributed by atoms with E-state index in [9.17, 15) is 14.4 Å². The maximum absolute atomic E-state index is 13.0. The van der Waals surface area contributed by atoms with Crippen LogP contribution < -0.4 is 0 Å². The quantitative estimate of drug-likeness (QED) is 0.0261. The van der Waals surface area contributed by atoms with Gasteiger partial charge in [-0.05, 0) is 77.0 Å². The molecule has 0 bridgehead atoms. The van der Waals surface area contributed by atoms with Gasteiger partial charge in [-0.2, -0.15) is 0 Å². The third kappa shape index (κ3) is 68.0. The van der Waals surface area contributed by atoms with Gasteiger partial charge < -0.3 is 14.2 Å². The van der Waals surface area contributed by atoms with Crippen molar-refractivity contribution in [3.05, 3.63) is 48.6 Å². The summed E-state index contributed by atoms with van der Waals surface area (Å²) >= 11 is 0. The molecule has 0 aliphatic heterocycles. The first-order valence-electron chi connectivity index (χ1n) is 36.1. The highest BCUT2D eigenvalue weighted by Gasteiger charge is 2.19. The third-order valence-electron chi connectivity index (χ3n) is 16.3. The molecule has 0 aromatic rings. The number of ether oxygens (including phenoxy) is 3. The summed E-state index contributed by atoms with van der Waals surface area (Å²) in [4.78, 5) is 38.4. The second kappa shape index (κ2) is 69.9. The number of carbonyl (C=O) groups excluding carboxylic acids is 3. The molecule has 0 N–H and O–H groups in total. The Bertz CT molecular complexity index is 1400. The van der Waals surface area contributed by atoms with Gasteiger partial charge in [-0.15, -0.1) is 0 Å². The lowest BCUT2D eigenvalue weighted by molar-refractivity contribution is -0.167. The lowest BCUT2D eigenvalue weighted by atomic mass is 10.0. The summed E-state index contributed by atoms with van der Waals surface area (Å²) in [5, 5.41) is 0. The fraction of sp³-hybridized carbons (Fsp3) is 0.853. The minimum Gasteiger partial charge on any atom is -0.462 e. The van der Waals surface area contributed by atoms with Crippen LogP contribution in [0.25, 0.3) is 0 Å². The van der Waals surface area contributed by atoms with Crippen molar-refractivity contribution < 1.29 is 28.6 Å². The summed E-state index contributed by atoms with van der Waals surface area (Å²) in [6, 6.07) is 0. The number of hydrogen-bond donors (Lipinski definition) is 0. The van der Waals surface area contributed by atoms with E-state index < -0.39 is 6.10 Å². The van der Waals surface area contributed by atoms with Gasteiger partial charge in [0.2, 0.25) is 0 Å². The van der Waals surface area contributed by atoms with Crippen LogP contribution >= 0.6 is 0 Å². The predicted molar refractivity (Wildman–Crippen MR) is 353 cm³/mol. The second-order valence-corrected chi connectivity index (χ2v) is 24.5. The Morgan fingerprint density at radius 1 is 0.247 bits per heavy atom. The van der Waals surface area contributed by atoms with Gasteiger partial charge in [0.05, 0.1) is 0 Å². The van der Waals surface area contributed by atoms with Crippen LogP contribution in [-0.2, 0) is 28.6 Å². The maximum atomic E-state index is 13.0. The maximum Gasteiger partial charge on any atom is 0.306 e. The topological polar surface area (TPSA) is 78.9 Å². The molecule has 0 spiro atoms. The van der Waals surface area contributed by atoms with Crippen molar-refractivity contribution in [3.8, 4) is 0 Å². The molecule has 0 heterocycles. The van der Waals surface area contributed by atoms with Crippen molar-refractivity contribution >= 4 is 17.9 Å². The van der Waals surface area contributed by atoms with E-state index in [4.69, 9.17) is 14.2 Å². The molecule has 0 aromatic carbocycles. The Morgan fingerprint density at radius 3 is 0.728 bits per heavy atom. The number of carbonyl (C=O) groups is 3. The molecule has 0 aliphatic rings. The van der Waals surface area contributed by atoms with Crippen LogP contribution in [0.1, 0.15) is 393 Å². The van der Waals surface area contributed by atoms with Gasteiger partial charge in [-0.25, -0.2) is 0 Å². The summed E-state index contributed by atoms with van der Waals surface area (Å²) in [5.41, 5.74) is 0. The molecule has 6 heteroatoms. The van der Waals surface area contributed by atoms with Gasteiger partial charge in [-0.3, -0.25) is 14.4 Å². The van der Waals surface area contributed by atoms with Gasteiger partial charge in [0, 0.05) is 19.3 Å². The Kier molecular flexibility index (Phi) is 67.6. The van der Waals surface area contributed by atoms with Gasteiger partial charge in [0.15, 0.2) is 6.10 Å². The molecule has 0 aliphatic carbocycles. The molecule has 0 fully saturated rings. The summed E-state index contributed by atoms with van der Waals surface area (Å²) < 4.78 is 17.0. The number of allylic oxidation sites excluding steroid dienone is 8. The SMILES string of the molecule is CCC/C=C\C/C=C\CCCCCCCC(=O)OCC(COC(=O)CCCCCCCCCCCCCCCCC/C=C\C/C=C\CCCCCCC)OC(=O)CCCCCCCCCCCCCCCCCCCCCCCCC. The number of rotatable bonds is 67. The highest BCUT2D eigenvalue weighted by atomic mass is 16.6. The second-order valence-electron chi connectivity index (χ2n) is 24.5.